The average molecular weight is 335 g/mol. The first-order chi connectivity index (χ1) is 10.5. The van der Waals surface area contributed by atoms with Crippen molar-refractivity contribution in [3.8, 4) is 0 Å². The summed E-state index contributed by atoms with van der Waals surface area (Å²) in [7, 11) is 0. The summed E-state index contributed by atoms with van der Waals surface area (Å²) in [6.07, 6.45) is -3.63. The molecule has 1 amide bonds. The highest BCUT2D eigenvalue weighted by Gasteiger charge is 2.44. The minimum atomic E-state index is -4.51. The Balaban J connectivity index is 2.13. The number of ether oxygens (including phenoxy) is 1. The second kappa shape index (κ2) is 6.32. The number of piperidine rings is 1. The molecule has 2 saturated heterocycles. The van der Waals surface area contributed by atoms with E-state index in [1.807, 2.05) is 0 Å². The van der Waals surface area contributed by atoms with E-state index in [-0.39, 0.29) is 11.9 Å². The van der Waals surface area contributed by atoms with Crippen LogP contribution in [0.3, 0.4) is 0 Å². The first-order valence-electron chi connectivity index (χ1n) is 8.04. The molecule has 3 atom stereocenters. The van der Waals surface area contributed by atoms with Crippen molar-refractivity contribution in [2.24, 2.45) is 11.3 Å². The highest BCUT2D eigenvalue weighted by Crippen LogP contribution is 2.37. The predicted octanol–water partition coefficient (Wildman–Crippen LogP) is 3.30. The minimum Gasteiger partial charge on any atom is -0.460 e. The standard InChI is InChI=1S/C16H24F3NO3/c1-15(2,3)14(22)23-12-7-5-10-4-6-11(12)20(9-10)13(21)8-16(17,18)19/h10-12H,4-9H2,1-3H3. The molecule has 2 aliphatic heterocycles. The van der Waals surface area contributed by atoms with Crippen LogP contribution in [0.2, 0.25) is 0 Å². The topological polar surface area (TPSA) is 46.6 Å². The van der Waals surface area contributed by atoms with E-state index in [0.717, 1.165) is 12.8 Å². The van der Waals surface area contributed by atoms with E-state index in [4.69, 9.17) is 4.74 Å². The van der Waals surface area contributed by atoms with Gasteiger partial charge in [-0.1, -0.05) is 0 Å². The summed E-state index contributed by atoms with van der Waals surface area (Å²) in [6.45, 7) is 5.53. The quantitative estimate of drug-likeness (QED) is 0.728. The molecule has 0 radical (unpaired) electrons. The first kappa shape index (κ1) is 18.1. The first-order valence-corrected chi connectivity index (χ1v) is 8.04. The van der Waals surface area contributed by atoms with E-state index in [2.05, 4.69) is 0 Å². The van der Waals surface area contributed by atoms with Crippen molar-refractivity contribution in [3.63, 3.8) is 0 Å². The van der Waals surface area contributed by atoms with Gasteiger partial charge in [-0.2, -0.15) is 13.2 Å². The molecule has 3 aliphatic rings. The Morgan fingerprint density at radius 3 is 2.26 bits per heavy atom. The molecule has 3 fully saturated rings. The number of alkyl halides is 3. The summed E-state index contributed by atoms with van der Waals surface area (Å²) in [6, 6.07) is -0.435. The zero-order valence-corrected chi connectivity index (χ0v) is 13.8. The maximum absolute atomic E-state index is 12.5. The minimum absolute atomic E-state index is 0.196. The molecule has 3 rings (SSSR count). The Labute approximate surface area is 134 Å². The lowest BCUT2D eigenvalue weighted by atomic mass is 9.93. The van der Waals surface area contributed by atoms with Gasteiger partial charge in [0.05, 0.1) is 11.5 Å². The fraction of sp³-hybridized carbons (Fsp3) is 0.875. The van der Waals surface area contributed by atoms with Crippen molar-refractivity contribution in [3.05, 3.63) is 0 Å². The van der Waals surface area contributed by atoms with Crippen LogP contribution in [0.15, 0.2) is 0 Å². The largest absolute Gasteiger partial charge is 0.460 e. The molecule has 7 heteroatoms. The lowest BCUT2D eigenvalue weighted by Crippen LogP contribution is -2.52. The molecule has 0 aromatic carbocycles. The summed E-state index contributed by atoms with van der Waals surface area (Å²) in [5.74, 6) is -1.09. The van der Waals surface area contributed by atoms with Crippen LogP contribution >= 0.6 is 0 Å². The molecule has 0 N–H and O–H groups in total. The fourth-order valence-electron chi connectivity index (χ4n) is 3.29. The second-order valence-electron chi connectivity index (χ2n) is 7.62. The molecule has 23 heavy (non-hydrogen) atoms. The van der Waals surface area contributed by atoms with Crippen molar-refractivity contribution in [2.45, 2.75) is 71.2 Å². The van der Waals surface area contributed by atoms with Crippen LogP contribution in [-0.2, 0) is 14.3 Å². The Morgan fingerprint density at radius 2 is 1.70 bits per heavy atom. The smallest absolute Gasteiger partial charge is 0.397 e. The number of amides is 1. The van der Waals surface area contributed by atoms with Gasteiger partial charge in [0.1, 0.15) is 12.5 Å². The van der Waals surface area contributed by atoms with E-state index < -0.39 is 36.1 Å². The second-order valence-corrected chi connectivity index (χ2v) is 7.62. The highest BCUT2D eigenvalue weighted by molar-refractivity contribution is 5.78. The van der Waals surface area contributed by atoms with E-state index in [9.17, 15) is 22.8 Å². The number of esters is 1. The summed E-state index contributed by atoms with van der Waals surface area (Å²) < 4.78 is 43.2. The third-order valence-electron chi connectivity index (χ3n) is 4.56. The number of fused-ring (bicyclic) bond motifs is 4. The van der Waals surface area contributed by atoms with Gasteiger partial charge in [-0.25, -0.2) is 0 Å². The van der Waals surface area contributed by atoms with E-state index in [1.54, 1.807) is 20.8 Å². The van der Waals surface area contributed by atoms with Gasteiger partial charge in [-0.3, -0.25) is 9.59 Å². The van der Waals surface area contributed by atoms with Crippen LogP contribution in [0, 0.1) is 11.3 Å². The monoisotopic (exact) mass is 335 g/mol. The Hall–Kier alpha value is -1.27. The van der Waals surface area contributed by atoms with Gasteiger partial charge in [0, 0.05) is 6.54 Å². The van der Waals surface area contributed by atoms with Gasteiger partial charge in [-0.15, -0.1) is 0 Å². The van der Waals surface area contributed by atoms with E-state index >= 15 is 0 Å². The number of hydrogen-bond donors (Lipinski definition) is 0. The fourth-order valence-corrected chi connectivity index (χ4v) is 3.29. The molecule has 2 bridgehead atoms. The van der Waals surface area contributed by atoms with Crippen LogP contribution in [-0.4, -0.2) is 41.6 Å². The summed E-state index contributed by atoms with van der Waals surface area (Å²) in [5, 5.41) is 0. The number of carbonyl (C=O) groups excluding carboxylic acids is 2. The Bertz CT molecular complexity index is 470. The number of halogens is 3. The zero-order chi connectivity index (χ0) is 17.4. The number of rotatable bonds is 2. The van der Waals surface area contributed by atoms with Crippen molar-refractivity contribution >= 4 is 11.9 Å². The lowest BCUT2D eigenvalue weighted by molar-refractivity contribution is -0.172. The van der Waals surface area contributed by atoms with Gasteiger partial charge < -0.3 is 9.64 Å². The molecular weight excluding hydrogens is 311 g/mol. The normalized spacial score (nSPS) is 28.4. The third-order valence-corrected chi connectivity index (χ3v) is 4.56. The lowest BCUT2D eigenvalue weighted by Gasteiger charge is -2.39. The zero-order valence-electron chi connectivity index (χ0n) is 13.8. The molecule has 0 spiro atoms. The third kappa shape index (κ3) is 4.61. The number of nitrogens with zero attached hydrogens (tertiary/aromatic N) is 1. The number of carbonyl (C=O) groups is 2. The maximum Gasteiger partial charge on any atom is 0.397 e. The van der Waals surface area contributed by atoms with Crippen molar-refractivity contribution < 1.29 is 27.5 Å². The van der Waals surface area contributed by atoms with Crippen molar-refractivity contribution in [1.29, 1.82) is 0 Å². The van der Waals surface area contributed by atoms with Gasteiger partial charge in [0.2, 0.25) is 5.91 Å². The van der Waals surface area contributed by atoms with Crippen LogP contribution in [0.1, 0.15) is 52.9 Å². The molecule has 1 aliphatic carbocycles. The molecule has 1 saturated carbocycles. The molecule has 2 heterocycles. The van der Waals surface area contributed by atoms with Crippen molar-refractivity contribution in [1.82, 2.24) is 4.90 Å². The molecule has 3 unspecified atom stereocenters. The molecule has 0 aromatic rings. The Morgan fingerprint density at radius 1 is 1.09 bits per heavy atom. The molecule has 132 valence electrons. The molecule has 4 nitrogen and oxygen atoms in total. The molecule has 0 aromatic heterocycles. The average Bonchev–Trinajstić information content (AvgIpc) is 2.67. The molecular formula is C16H24F3NO3. The number of hydrogen-bond acceptors (Lipinski definition) is 3. The van der Waals surface area contributed by atoms with Gasteiger partial charge in [-0.05, 0) is 52.4 Å². The summed E-state index contributed by atoms with van der Waals surface area (Å²) in [4.78, 5) is 25.5. The highest BCUT2D eigenvalue weighted by atomic mass is 19.4. The van der Waals surface area contributed by atoms with Crippen molar-refractivity contribution in [2.75, 3.05) is 6.54 Å². The van der Waals surface area contributed by atoms with Gasteiger partial charge in [0.25, 0.3) is 0 Å². The summed E-state index contributed by atoms with van der Waals surface area (Å²) in [5.41, 5.74) is -0.675. The van der Waals surface area contributed by atoms with Gasteiger partial charge >= 0.3 is 12.1 Å². The Kier molecular flexibility index (Phi) is 4.97. The maximum atomic E-state index is 12.5. The van der Waals surface area contributed by atoms with Crippen LogP contribution in [0.25, 0.3) is 0 Å². The van der Waals surface area contributed by atoms with E-state index in [1.165, 1.54) is 4.90 Å². The summed E-state index contributed by atoms with van der Waals surface area (Å²) >= 11 is 0. The SMILES string of the molecule is CC(C)(C)C(=O)OC1CCC2CCC1N(C(=O)CC(F)(F)F)C2. The predicted molar refractivity (Wildman–Crippen MR) is 77.5 cm³/mol. The van der Waals surface area contributed by atoms with Gasteiger partial charge in [0.15, 0.2) is 0 Å². The van der Waals surface area contributed by atoms with Crippen LogP contribution in [0.4, 0.5) is 13.2 Å². The van der Waals surface area contributed by atoms with Crippen LogP contribution < -0.4 is 0 Å². The van der Waals surface area contributed by atoms with Crippen LogP contribution in [0.5, 0.6) is 0 Å². The van der Waals surface area contributed by atoms with E-state index in [0.29, 0.717) is 19.4 Å².